The third kappa shape index (κ3) is 9.68. The number of carbonyl (C=O) groups excluding carboxylic acids is 4. The predicted octanol–water partition coefficient (Wildman–Crippen LogP) is 3.27. The number of ether oxygens (including phenoxy) is 1. The van der Waals surface area contributed by atoms with Crippen LogP contribution in [0.2, 0.25) is 0 Å². The molecule has 3 atom stereocenters. The first-order valence-electron chi connectivity index (χ1n) is 14.1. The van der Waals surface area contributed by atoms with Gasteiger partial charge in [0.25, 0.3) is 0 Å². The van der Waals surface area contributed by atoms with Crippen LogP contribution in [-0.2, 0) is 32.1 Å². The zero-order chi connectivity index (χ0) is 30.4. The lowest BCUT2D eigenvalue weighted by Crippen LogP contribution is -2.69. The van der Waals surface area contributed by atoms with E-state index in [2.05, 4.69) is 22.8 Å². The topological polar surface area (TPSA) is 151 Å². The molecule has 0 saturated carbocycles. The van der Waals surface area contributed by atoms with Gasteiger partial charge >= 0.3 is 6.09 Å². The predicted molar refractivity (Wildman–Crippen MR) is 156 cm³/mol. The number of benzene rings is 2. The van der Waals surface area contributed by atoms with Gasteiger partial charge in [0.15, 0.2) is 5.78 Å². The van der Waals surface area contributed by atoms with Gasteiger partial charge in [-0.2, -0.15) is 0 Å². The maximum atomic E-state index is 13.6. The van der Waals surface area contributed by atoms with Gasteiger partial charge in [0.2, 0.25) is 11.8 Å². The number of aliphatic hydroxyl groups is 1. The maximum Gasteiger partial charge on any atom is 0.408 e. The first-order valence-corrected chi connectivity index (χ1v) is 14.1. The molecule has 0 unspecified atom stereocenters. The highest BCUT2D eigenvalue weighted by Gasteiger charge is 2.49. The lowest BCUT2D eigenvalue weighted by atomic mass is 9.79. The molecule has 0 radical (unpaired) electrons. The van der Waals surface area contributed by atoms with E-state index >= 15 is 0 Å². The highest BCUT2D eigenvalue weighted by Crippen LogP contribution is 2.26. The fraction of sp³-hybridized carbons (Fsp3) is 0.484. The van der Waals surface area contributed by atoms with Crippen LogP contribution in [0.4, 0.5) is 4.79 Å². The minimum Gasteiger partial charge on any atom is -0.445 e. The number of unbranched alkanes of at least 4 members (excludes halogenated alkanes) is 2. The van der Waals surface area contributed by atoms with E-state index in [-0.39, 0.29) is 13.0 Å². The second kappa shape index (κ2) is 16.5. The van der Waals surface area contributed by atoms with E-state index < -0.39 is 53.8 Å². The molecule has 0 aromatic heterocycles. The van der Waals surface area contributed by atoms with Crippen LogP contribution in [0.1, 0.15) is 64.5 Å². The minimum atomic E-state index is -1.74. The van der Waals surface area contributed by atoms with Crippen molar-refractivity contribution in [2.75, 3.05) is 6.61 Å². The summed E-state index contributed by atoms with van der Waals surface area (Å²) in [7, 11) is 0. The van der Waals surface area contributed by atoms with Crippen molar-refractivity contribution in [3.05, 3.63) is 71.8 Å². The third-order valence-corrected chi connectivity index (χ3v) is 7.21. The summed E-state index contributed by atoms with van der Waals surface area (Å²) in [4.78, 5) is 51.5. The van der Waals surface area contributed by atoms with Crippen molar-refractivity contribution in [1.29, 1.82) is 0 Å². The van der Waals surface area contributed by atoms with Gasteiger partial charge < -0.3 is 20.5 Å². The SMILES string of the molecule is CC(C)[C@](CO)(C(=O)[C@H](C)NC(=O)[C@H](C)NC(=O)OCc1ccccc1)N(N)C(=O)CCCCCc1ccccc1. The third-order valence-electron chi connectivity index (χ3n) is 7.21. The molecule has 0 aliphatic carbocycles. The Morgan fingerprint density at radius 1 is 0.854 bits per heavy atom. The minimum absolute atomic E-state index is 0.0384. The number of hydrogen-bond acceptors (Lipinski definition) is 7. The van der Waals surface area contributed by atoms with Gasteiger partial charge in [-0.1, -0.05) is 80.9 Å². The van der Waals surface area contributed by atoms with Crippen molar-refractivity contribution in [3.63, 3.8) is 0 Å². The number of nitrogens with zero attached hydrogens (tertiary/aromatic N) is 1. The largest absolute Gasteiger partial charge is 0.445 e. The zero-order valence-corrected chi connectivity index (χ0v) is 24.5. The molecule has 3 amide bonds. The molecule has 224 valence electrons. The summed E-state index contributed by atoms with van der Waals surface area (Å²) >= 11 is 0. The van der Waals surface area contributed by atoms with Crippen LogP contribution in [0.25, 0.3) is 0 Å². The Morgan fingerprint density at radius 3 is 2.00 bits per heavy atom. The average Bonchev–Trinajstić information content (AvgIpc) is 2.97. The van der Waals surface area contributed by atoms with Crippen molar-refractivity contribution in [2.24, 2.45) is 11.8 Å². The summed E-state index contributed by atoms with van der Waals surface area (Å²) in [6, 6.07) is 17.0. The highest BCUT2D eigenvalue weighted by molar-refractivity contribution is 5.99. The Bertz CT molecular complexity index is 1130. The molecule has 0 aliphatic rings. The molecular weight excluding hydrogens is 524 g/mol. The van der Waals surface area contributed by atoms with Gasteiger partial charge in [-0.25, -0.2) is 10.6 Å². The number of hydrazine groups is 1. The van der Waals surface area contributed by atoms with E-state index in [1.165, 1.54) is 19.4 Å². The molecule has 0 bridgehead atoms. The maximum absolute atomic E-state index is 13.6. The van der Waals surface area contributed by atoms with Crippen LogP contribution >= 0.6 is 0 Å². The molecule has 5 N–H and O–H groups in total. The van der Waals surface area contributed by atoms with Crippen molar-refractivity contribution in [3.8, 4) is 0 Å². The molecule has 2 aromatic carbocycles. The zero-order valence-electron chi connectivity index (χ0n) is 24.5. The van der Waals surface area contributed by atoms with Gasteiger partial charge in [-0.3, -0.25) is 19.4 Å². The average molecular weight is 569 g/mol. The summed E-state index contributed by atoms with van der Waals surface area (Å²) in [5.41, 5.74) is 0.286. The summed E-state index contributed by atoms with van der Waals surface area (Å²) in [6.07, 6.45) is 2.54. The summed E-state index contributed by atoms with van der Waals surface area (Å²) < 4.78 is 5.14. The molecule has 0 spiro atoms. The van der Waals surface area contributed by atoms with Gasteiger partial charge in [-0.05, 0) is 50.2 Å². The van der Waals surface area contributed by atoms with Crippen molar-refractivity contribution in [2.45, 2.75) is 84.0 Å². The van der Waals surface area contributed by atoms with Crippen LogP contribution in [0.15, 0.2) is 60.7 Å². The highest BCUT2D eigenvalue weighted by atomic mass is 16.5. The first-order chi connectivity index (χ1) is 19.5. The molecular formula is C31H44N4O6. The van der Waals surface area contributed by atoms with Crippen LogP contribution in [-0.4, -0.2) is 58.0 Å². The van der Waals surface area contributed by atoms with Crippen LogP contribution in [0.3, 0.4) is 0 Å². The number of carbonyl (C=O) groups is 4. The number of aryl methyl sites for hydroxylation is 1. The number of ketones is 1. The number of nitrogens with one attached hydrogen (secondary N) is 2. The molecule has 0 aliphatic heterocycles. The molecule has 0 heterocycles. The Morgan fingerprint density at radius 2 is 1.44 bits per heavy atom. The van der Waals surface area contributed by atoms with Crippen molar-refractivity contribution in [1.82, 2.24) is 15.6 Å². The Kier molecular flexibility index (Phi) is 13.5. The van der Waals surface area contributed by atoms with Gasteiger partial charge in [0, 0.05) is 6.42 Å². The molecule has 2 rings (SSSR count). The lowest BCUT2D eigenvalue weighted by Gasteiger charge is -2.43. The Hall–Kier alpha value is -3.76. The summed E-state index contributed by atoms with van der Waals surface area (Å²) in [5.74, 6) is 3.96. The van der Waals surface area contributed by atoms with E-state index in [0.717, 1.165) is 29.8 Å². The summed E-state index contributed by atoms with van der Waals surface area (Å²) in [5, 5.41) is 16.2. The molecule has 2 aromatic rings. The normalized spacial score (nSPS) is 13.9. The second-order valence-corrected chi connectivity index (χ2v) is 10.6. The second-order valence-electron chi connectivity index (χ2n) is 10.6. The molecule has 10 heteroatoms. The van der Waals surface area contributed by atoms with Crippen molar-refractivity contribution < 1.29 is 29.0 Å². The van der Waals surface area contributed by atoms with E-state index in [0.29, 0.717) is 6.42 Å². The van der Waals surface area contributed by atoms with Crippen LogP contribution < -0.4 is 16.5 Å². The first kappa shape index (κ1) is 33.4. The number of rotatable bonds is 16. The smallest absolute Gasteiger partial charge is 0.408 e. The van der Waals surface area contributed by atoms with E-state index in [9.17, 15) is 24.3 Å². The Labute approximate surface area is 242 Å². The van der Waals surface area contributed by atoms with Gasteiger partial charge in [0.1, 0.15) is 18.2 Å². The molecule has 0 saturated heterocycles. The number of amides is 3. The summed E-state index contributed by atoms with van der Waals surface area (Å²) in [6.45, 7) is 5.60. The number of nitrogens with two attached hydrogens (primary N) is 1. The number of Topliss-reactive ketones (excluding diaryl/α,β-unsaturated/α-hetero) is 1. The van der Waals surface area contributed by atoms with Gasteiger partial charge in [0.05, 0.1) is 12.6 Å². The van der Waals surface area contributed by atoms with E-state index in [1.807, 2.05) is 36.4 Å². The Balaban J connectivity index is 1.92. The van der Waals surface area contributed by atoms with E-state index in [4.69, 9.17) is 10.6 Å². The van der Waals surface area contributed by atoms with Crippen LogP contribution in [0.5, 0.6) is 0 Å². The monoisotopic (exact) mass is 568 g/mol. The fourth-order valence-electron chi connectivity index (χ4n) is 4.57. The molecule has 0 fully saturated rings. The lowest BCUT2D eigenvalue weighted by molar-refractivity contribution is -0.155. The standard InChI is InChI=1S/C31H44N4O6/c1-22(2)31(21-36,35(32)27(37)19-13-7-10-16-25-14-8-5-9-15-25)28(38)23(3)33-29(39)24(4)34-30(40)41-20-26-17-11-6-12-18-26/h5-6,8-9,11-12,14-15,17-18,22-24,36H,7,10,13,16,19-21,32H2,1-4H3,(H,33,39)(H,34,40)/t23-,24-,31+/m0/s1. The fourth-order valence-corrected chi connectivity index (χ4v) is 4.57. The number of hydrogen-bond donors (Lipinski definition) is 4. The van der Waals surface area contributed by atoms with E-state index in [1.54, 1.807) is 26.0 Å². The van der Waals surface area contributed by atoms with Gasteiger partial charge in [-0.15, -0.1) is 0 Å². The van der Waals surface area contributed by atoms with Crippen molar-refractivity contribution >= 4 is 23.7 Å². The quantitative estimate of drug-likeness (QED) is 0.105. The number of aliphatic hydroxyl groups excluding tert-OH is 1. The van der Waals surface area contributed by atoms with Crippen LogP contribution in [0, 0.1) is 5.92 Å². The molecule has 10 nitrogen and oxygen atoms in total. The number of alkyl carbamates (subject to hydrolysis) is 1. The molecule has 41 heavy (non-hydrogen) atoms.